The van der Waals surface area contributed by atoms with Gasteiger partial charge >= 0.3 is 16.5 Å². The fourth-order valence-electron chi connectivity index (χ4n) is 1.53. The van der Waals surface area contributed by atoms with Crippen molar-refractivity contribution in [2.24, 2.45) is 0 Å². The molecule has 1 saturated heterocycles. The summed E-state index contributed by atoms with van der Waals surface area (Å²) in [5, 5.41) is 13.7. The Hall–Kier alpha value is 0.914. The largest absolute Gasteiger partial charge is 2.00 e. The zero-order chi connectivity index (χ0) is 9.90. The van der Waals surface area contributed by atoms with Crippen LogP contribution in [0, 0.1) is 0 Å². The van der Waals surface area contributed by atoms with Gasteiger partial charge in [0.25, 0.3) is 0 Å². The van der Waals surface area contributed by atoms with Gasteiger partial charge in [-0.05, 0) is 39.0 Å². The van der Waals surface area contributed by atoms with Gasteiger partial charge in [-0.1, -0.05) is 0 Å². The molecule has 0 spiro atoms. The molecule has 1 heterocycles. The molecule has 1 fully saturated rings. The molecule has 1 rings (SSSR count). The topological polar surface area (TPSA) is 48.1 Å². The molecule has 0 saturated carbocycles. The van der Waals surface area contributed by atoms with Gasteiger partial charge in [0.1, 0.15) is 0 Å². The maximum absolute atomic E-state index is 3.42. The smallest absolute Gasteiger partial charge is 1.00 e. The molecule has 0 aliphatic carbocycles. The third kappa shape index (κ3) is 16.9. The molecule has 4 N–H and O–H groups in total. The van der Waals surface area contributed by atoms with E-state index in [4.69, 9.17) is 0 Å². The maximum atomic E-state index is 3.42. The van der Waals surface area contributed by atoms with E-state index in [2.05, 4.69) is 21.3 Å². The molecule has 0 aromatic heterocycles. The van der Waals surface area contributed by atoms with Crippen molar-refractivity contribution in [3.63, 3.8) is 0 Å². The van der Waals surface area contributed by atoms with E-state index in [0.717, 1.165) is 52.4 Å². The number of nitrogens with one attached hydrogen (secondary N) is 4. The van der Waals surface area contributed by atoms with E-state index >= 15 is 0 Å². The summed E-state index contributed by atoms with van der Waals surface area (Å²) in [6, 6.07) is 0. The molecule has 0 radical (unpaired) electrons. The summed E-state index contributed by atoms with van der Waals surface area (Å²) in [7, 11) is 0. The second kappa shape index (κ2) is 19.3. The zero-order valence-corrected chi connectivity index (χ0v) is 12.6. The first-order valence-electron chi connectivity index (χ1n) is 5.83. The van der Waals surface area contributed by atoms with Crippen LogP contribution in [0.15, 0.2) is 0 Å². The molecule has 0 amide bonds. The fourth-order valence-corrected chi connectivity index (χ4v) is 1.53. The van der Waals surface area contributed by atoms with E-state index in [1.54, 1.807) is 0 Å². The van der Waals surface area contributed by atoms with Gasteiger partial charge in [-0.15, -0.1) is 0 Å². The summed E-state index contributed by atoms with van der Waals surface area (Å²) >= 11 is 0. The van der Waals surface area contributed by atoms with Crippen LogP contribution in [0.5, 0.6) is 0 Å². The average Bonchev–Trinajstić information content (AvgIpc) is 2.22. The van der Waals surface area contributed by atoms with Crippen LogP contribution in [0.4, 0.5) is 0 Å². The Labute approximate surface area is 128 Å². The van der Waals surface area contributed by atoms with Gasteiger partial charge in [-0.25, -0.2) is 0 Å². The Morgan fingerprint density at radius 2 is 0.647 bits per heavy atom. The molecule has 7 heteroatoms. The Kier molecular flexibility index (Phi) is 26.1. The van der Waals surface area contributed by atoms with Gasteiger partial charge in [-0.2, -0.15) is 0 Å². The predicted octanol–water partition coefficient (Wildman–Crippen LogP) is -6.86. The van der Waals surface area contributed by atoms with Crippen LogP contribution in [-0.4, -0.2) is 52.4 Å². The normalized spacial score (nSPS) is 19.8. The minimum Gasteiger partial charge on any atom is -1.00 e. The maximum Gasteiger partial charge on any atom is 2.00 e. The zero-order valence-electron chi connectivity index (χ0n) is 10.1. The third-order valence-electron chi connectivity index (χ3n) is 2.37. The Balaban J connectivity index is -0.000000653. The van der Waals surface area contributed by atoms with E-state index in [0.29, 0.717) is 0 Å². The number of halogens is 2. The van der Waals surface area contributed by atoms with Crippen molar-refractivity contribution in [3.05, 3.63) is 0 Å². The van der Waals surface area contributed by atoms with Crippen LogP contribution in [0.3, 0.4) is 0 Å². The molecule has 0 unspecified atom stereocenters. The second-order valence-corrected chi connectivity index (χ2v) is 3.71. The number of hydrogen-bond donors (Lipinski definition) is 4. The van der Waals surface area contributed by atoms with Gasteiger partial charge in [0.2, 0.25) is 0 Å². The van der Waals surface area contributed by atoms with Crippen molar-refractivity contribution in [2.75, 3.05) is 52.4 Å². The minimum atomic E-state index is 0. The summed E-state index contributed by atoms with van der Waals surface area (Å²) in [6.07, 6.45) is 2.44. The van der Waals surface area contributed by atoms with Crippen molar-refractivity contribution >= 4 is 0 Å². The molecule has 0 aromatic rings. The van der Waals surface area contributed by atoms with E-state index in [1.165, 1.54) is 12.8 Å². The van der Waals surface area contributed by atoms with Gasteiger partial charge in [-0.3, -0.25) is 0 Å². The first-order valence-corrected chi connectivity index (χ1v) is 5.83. The summed E-state index contributed by atoms with van der Waals surface area (Å²) < 4.78 is 0. The molecule has 108 valence electrons. The average molecular weight is 330 g/mol. The Bertz CT molecular complexity index is 79.6. The summed E-state index contributed by atoms with van der Waals surface area (Å²) in [5.41, 5.74) is 0. The molecular weight excluding hydrogens is 306 g/mol. The molecule has 0 aromatic carbocycles. The van der Waals surface area contributed by atoms with E-state index < -0.39 is 0 Å². The van der Waals surface area contributed by atoms with Gasteiger partial charge < -0.3 is 46.1 Å². The first-order chi connectivity index (χ1) is 7.00. The Morgan fingerprint density at radius 1 is 0.412 bits per heavy atom. The van der Waals surface area contributed by atoms with E-state index in [1.807, 2.05) is 0 Å². The van der Waals surface area contributed by atoms with Crippen molar-refractivity contribution in [1.29, 1.82) is 0 Å². The van der Waals surface area contributed by atoms with Gasteiger partial charge in [0.15, 0.2) is 0 Å². The SMILES string of the molecule is C1CNCCNCCCNCCNC1.[Cl-].[Cl-].[Ni+2]. The first kappa shape index (κ1) is 23.0. The van der Waals surface area contributed by atoms with Crippen LogP contribution in [-0.2, 0) is 16.5 Å². The number of hydrogen-bond acceptors (Lipinski definition) is 4. The van der Waals surface area contributed by atoms with Crippen molar-refractivity contribution < 1.29 is 41.3 Å². The quantitative estimate of drug-likeness (QED) is 0.334. The minimum absolute atomic E-state index is 0. The molecule has 17 heavy (non-hydrogen) atoms. The monoisotopic (exact) mass is 328 g/mol. The van der Waals surface area contributed by atoms with E-state index in [-0.39, 0.29) is 41.3 Å². The van der Waals surface area contributed by atoms with Crippen molar-refractivity contribution in [1.82, 2.24) is 21.3 Å². The fraction of sp³-hybridized carbons (Fsp3) is 1.00. The summed E-state index contributed by atoms with van der Waals surface area (Å²) in [6.45, 7) is 8.87. The number of rotatable bonds is 0. The van der Waals surface area contributed by atoms with Crippen molar-refractivity contribution in [3.8, 4) is 0 Å². The predicted molar refractivity (Wildman–Crippen MR) is 60.7 cm³/mol. The van der Waals surface area contributed by atoms with Crippen molar-refractivity contribution in [2.45, 2.75) is 12.8 Å². The summed E-state index contributed by atoms with van der Waals surface area (Å²) in [5.74, 6) is 0. The molecule has 1 aliphatic heterocycles. The molecular formula is C10H24Cl2N4Ni. The van der Waals surface area contributed by atoms with Crippen LogP contribution < -0.4 is 46.1 Å². The van der Waals surface area contributed by atoms with Crippen LogP contribution in [0.2, 0.25) is 0 Å². The van der Waals surface area contributed by atoms with Crippen LogP contribution in [0.25, 0.3) is 0 Å². The van der Waals surface area contributed by atoms with Crippen LogP contribution in [0.1, 0.15) is 12.8 Å². The molecule has 0 bridgehead atoms. The Morgan fingerprint density at radius 3 is 0.882 bits per heavy atom. The molecule has 1 aliphatic rings. The van der Waals surface area contributed by atoms with Gasteiger partial charge in [0, 0.05) is 26.2 Å². The molecule has 4 nitrogen and oxygen atoms in total. The van der Waals surface area contributed by atoms with E-state index in [9.17, 15) is 0 Å². The summed E-state index contributed by atoms with van der Waals surface area (Å²) in [4.78, 5) is 0. The van der Waals surface area contributed by atoms with Crippen LogP contribution >= 0.6 is 0 Å². The third-order valence-corrected chi connectivity index (χ3v) is 2.37. The van der Waals surface area contributed by atoms with Gasteiger partial charge in [0.05, 0.1) is 0 Å². The molecule has 0 atom stereocenters. The second-order valence-electron chi connectivity index (χ2n) is 3.71. The standard InChI is InChI=1S/C10H24N4.2ClH.Ni/c1-3-11-7-9-13-5-2-6-14-10-8-12-4-1;;;/h11-14H,1-10H2;2*1H;/q;;;+2/p-2.